The Labute approximate surface area is 119 Å². The summed E-state index contributed by atoms with van der Waals surface area (Å²) in [5.41, 5.74) is 3.62. The molecule has 2 rings (SSSR count). The zero-order valence-electron chi connectivity index (χ0n) is 10.3. The van der Waals surface area contributed by atoms with Crippen LogP contribution in [0.25, 0.3) is 0 Å². The maximum Gasteiger partial charge on any atom is 0.174 e. The van der Waals surface area contributed by atoms with E-state index in [1.165, 1.54) is 11.3 Å². The summed E-state index contributed by atoms with van der Waals surface area (Å²) in [6.45, 7) is -0.138. The lowest BCUT2D eigenvalue weighted by atomic mass is 10.1. The molecule has 0 aliphatic carbocycles. The van der Waals surface area contributed by atoms with E-state index in [0.29, 0.717) is 0 Å². The molecule has 0 aliphatic rings. The van der Waals surface area contributed by atoms with E-state index in [1.54, 1.807) is 24.4 Å². The van der Waals surface area contributed by atoms with Gasteiger partial charge in [-0.25, -0.2) is 0 Å². The van der Waals surface area contributed by atoms with Crippen molar-refractivity contribution in [2.75, 3.05) is 13.7 Å². The Kier molecular flexibility index (Phi) is 5.21. The number of aliphatic hydroxyl groups excluding tert-OH is 1. The van der Waals surface area contributed by atoms with E-state index in [4.69, 9.17) is 9.84 Å². The van der Waals surface area contributed by atoms with Gasteiger partial charge in [0, 0.05) is 16.9 Å². The molecule has 0 amide bonds. The number of aliphatic hydroxyl groups is 1. The monoisotopic (exact) mass is 292 g/mol. The quantitative estimate of drug-likeness (QED) is 0.691. The standard InChI is InChI=1S/C13H12N2O2S2/c1-17-12-5-4-10(3-2-6-16)7-11(12)8-18-13-15-14-9-19-13/h4-5,7,9,16H,6,8H2,1H3. The topological polar surface area (TPSA) is 55.2 Å². The van der Waals surface area contributed by atoms with E-state index in [1.807, 2.05) is 18.2 Å². The lowest BCUT2D eigenvalue weighted by Crippen LogP contribution is -1.91. The molecule has 2 aromatic rings. The Morgan fingerprint density at radius 1 is 1.47 bits per heavy atom. The maximum atomic E-state index is 8.71. The second-order valence-corrected chi connectivity index (χ2v) is 5.54. The molecule has 1 heterocycles. The van der Waals surface area contributed by atoms with Gasteiger partial charge in [0.05, 0.1) is 7.11 Å². The molecular weight excluding hydrogens is 280 g/mol. The van der Waals surface area contributed by atoms with Crippen LogP contribution in [0.5, 0.6) is 5.75 Å². The Hall–Kier alpha value is -1.55. The van der Waals surface area contributed by atoms with Crippen LogP contribution in [0.3, 0.4) is 0 Å². The van der Waals surface area contributed by atoms with Gasteiger partial charge in [0.1, 0.15) is 17.9 Å². The second kappa shape index (κ2) is 7.14. The van der Waals surface area contributed by atoms with Gasteiger partial charge >= 0.3 is 0 Å². The van der Waals surface area contributed by atoms with E-state index in [9.17, 15) is 0 Å². The highest BCUT2D eigenvalue weighted by atomic mass is 32.2. The predicted octanol–water partition coefficient (Wildman–Crippen LogP) is 2.18. The molecule has 0 saturated carbocycles. The number of methoxy groups -OCH3 is 1. The first-order chi connectivity index (χ1) is 9.33. The Balaban J connectivity index is 2.16. The molecule has 6 heteroatoms. The highest BCUT2D eigenvalue weighted by molar-refractivity contribution is 8.00. The van der Waals surface area contributed by atoms with Crippen molar-refractivity contribution in [1.29, 1.82) is 0 Å². The van der Waals surface area contributed by atoms with Gasteiger partial charge in [0.25, 0.3) is 0 Å². The molecular formula is C13H12N2O2S2. The average Bonchev–Trinajstić information content (AvgIpc) is 2.96. The van der Waals surface area contributed by atoms with Gasteiger partial charge in [0.2, 0.25) is 0 Å². The zero-order chi connectivity index (χ0) is 13.5. The fourth-order valence-electron chi connectivity index (χ4n) is 1.48. The maximum absolute atomic E-state index is 8.71. The van der Waals surface area contributed by atoms with Crippen molar-refractivity contribution in [2.24, 2.45) is 0 Å². The smallest absolute Gasteiger partial charge is 0.174 e. The third kappa shape index (κ3) is 3.96. The average molecular weight is 292 g/mol. The Morgan fingerprint density at radius 3 is 3.05 bits per heavy atom. The lowest BCUT2D eigenvalue weighted by molar-refractivity contribution is 0.350. The summed E-state index contributed by atoms with van der Waals surface area (Å²) in [5, 5.41) is 16.5. The molecule has 0 radical (unpaired) electrons. The first kappa shape index (κ1) is 13.9. The lowest BCUT2D eigenvalue weighted by Gasteiger charge is -2.07. The van der Waals surface area contributed by atoms with E-state index in [2.05, 4.69) is 22.0 Å². The van der Waals surface area contributed by atoms with E-state index < -0.39 is 0 Å². The van der Waals surface area contributed by atoms with Crippen LogP contribution < -0.4 is 4.74 Å². The van der Waals surface area contributed by atoms with Gasteiger partial charge in [0.15, 0.2) is 4.34 Å². The minimum Gasteiger partial charge on any atom is -0.496 e. The third-order valence-corrected chi connectivity index (χ3v) is 4.19. The van der Waals surface area contributed by atoms with Gasteiger partial charge in [-0.05, 0) is 18.2 Å². The molecule has 0 saturated heterocycles. The van der Waals surface area contributed by atoms with E-state index in [-0.39, 0.29) is 6.61 Å². The fourth-order valence-corrected chi connectivity index (χ4v) is 2.94. The number of hydrogen-bond donors (Lipinski definition) is 1. The molecule has 0 unspecified atom stereocenters. The van der Waals surface area contributed by atoms with Crippen LogP contribution in [0.4, 0.5) is 0 Å². The van der Waals surface area contributed by atoms with Crippen LogP contribution in [0, 0.1) is 11.8 Å². The molecule has 0 fully saturated rings. The van der Waals surface area contributed by atoms with Crippen molar-refractivity contribution >= 4 is 23.1 Å². The van der Waals surface area contributed by atoms with Gasteiger partial charge in [-0.2, -0.15) is 0 Å². The summed E-state index contributed by atoms with van der Waals surface area (Å²) in [4.78, 5) is 0. The number of thioether (sulfide) groups is 1. The number of benzene rings is 1. The molecule has 1 aromatic carbocycles. The first-order valence-corrected chi connectivity index (χ1v) is 7.35. The highest BCUT2D eigenvalue weighted by Gasteiger charge is 2.06. The molecule has 4 nitrogen and oxygen atoms in total. The van der Waals surface area contributed by atoms with Crippen LogP contribution >= 0.6 is 23.1 Å². The molecule has 0 bridgehead atoms. The highest BCUT2D eigenvalue weighted by Crippen LogP contribution is 2.29. The third-order valence-electron chi connectivity index (χ3n) is 2.28. The van der Waals surface area contributed by atoms with Crippen molar-refractivity contribution in [3.05, 3.63) is 34.8 Å². The van der Waals surface area contributed by atoms with Crippen LogP contribution in [-0.2, 0) is 5.75 Å². The molecule has 0 spiro atoms. The van der Waals surface area contributed by atoms with Crippen molar-refractivity contribution in [3.63, 3.8) is 0 Å². The van der Waals surface area contributed by atoms with E-state index >= 15 is 0 Å². The largest absolute Gasteiger partial charge is 0.496 e. The molecule has 1 aromatic heterocycles. The Bertz CT molecular complexity index is 588. The minimum atomic E-state index is -0.138. The van der Waals surface area contributed by atoms with Crippen LogP contribution in [0.1, 0.15) is 11.1 Å². The summed E-state index contributed by atoms with van der Waals surface area (Å²) in [7, 11) is 1.65. The molecule has 0 atom stereocenters. The predicted molar refractivity (Wildman–Crippen MR) is 76.4 cm³/mol. The van der Waals surface area contributed by atoms with Gasteiger partial charge in [-0.15, -0.1) is 10.2 Å². The zero-order valence-corrected chi connectivity index (χ0v) is 11.9. The summed E-state index contributed by atoms with van der Waals surface area (Å²) < 4.78 is 6.26. The summed E-state index contributed by atoms with van der Waals surface area (Å²) >= 11 is 3.12. The summed E-state index contributed by atoms with van der Waals surface area (Å²) in [6.07, 6.45) is 0. The van der Waals surface area contributed by atoms with Crippen molar-refractivity contribution in [2.45, 2.75) is 10.1 Å². The Morgan fingerprint density at radius 2 is 2.37 bits per heavy atom. The van der Waals surface area contributed by atoms with Crippen molar-refractivity contribution in [1.82, 2.24) is 10.2 Å². The minimum absolute atomic E-state index is 0.138. The van der Waals surface area contributed by atoms with Gasteiger partial charge < -0.3 is 9.84 Å². The normalized spacial score (nSPS) is 9.79. The number of hydrogen-bond acceptors (Lipinski definition) is 6. The number of nitrogens with zero attached hydrogens (tertiary/aromatic N) is 2. The first-order valence-electron chi connectivity index (χ1n) is 5.49. The molecule has 1 N–H and O–H groups in total. The number of ether oxygens (including phenoxy) is 1. The summed E-state index contributed by atoms with van der Waals surface area (Å²) in [5.74, 6) is 7.09. The SMILES string of the molecule is COc1ccc(C#CCO)cc1CSc1nncs1. The van der Waals surface area contributed by atoms with Crippen molar-refractivity contribution < 1.29 is 9.84 Å². The summed E-state index contributed by atoms with van der Waals surface area (Å²) in [6, 6.07) is 5.73. The fraction of sp³-hybridized carbons (Fsp3) is 0.231. The van der Waals surface area contributed by atoms with Crippen molar-refractivity contribution in [3.8, 4) is 17.6 Å². The van der Waals surface area contributed by atoms with Gasteiger partial charge in [-0.3, -0.25) is 0 Å². The van der Waals surface area contributed by atoms with Crippen LogP contribution in [0.2, 0.25) is 0 Å². The molecule has 19 heavy (non-hydrogen) atoms. The second-order valence-electron chi connectivity index (χ2n) is 3.48. The number of rotatable bonds is 4. The number of aromatic nitrogens is 2. The van der Waals surface area contributed by atoms with Gasteiger partial charge in [-0.1, -0.05) is 34.9 Å². The van der Waals surface area contributed by atoms with Crippen LogP contribution in [0.15, 0.2) is 28.0 Å². The van der Waals surface area contributed by atoms with E-state index in [0.717, 1.165) is 27.0 Å². The van der Waals surface area contributed by atoms with Crippen LogP contribution in [-0.4, -0.2) is 29.0 Å². The molecule has 98 valence electrons. The molecule has 0 aliphatic heterocycles.